The molecule has 138 valence electrons. The number of nitrogens with zero attached hydrogens (tertiary/aromatic N) is 1. The minimum atomic E-state index is -0.500. The lowest BCUT2D eigenvalue weighted by atomic mass is 10.1. The van der Waals surface area contributed by atoms with Crippen LogP contribution in [0.25, 0.3) is 0 Å². The third-order valence-corrected chi connectivity index (χ3v) is 4.70. The number of thiocarbonyl (C=S) groups is 1. The van der Waals surface area contributed by atoms with Gasteiger partial charge in [0.05, 0.1) is 11.6 Å². The molecule has 3 aromatic rings. The molecule has 3 nitrogen and oxygen atoms in total. The Morgan fingerprint density at radius 1 is 1.11 bits per heavy atom. The molecule has 0 aliphatic rings. The first-order chi connectivity index (χ1) is 12.9. The fraction of sp³-hybridized carbons (Fsp3) is 0.0952. The molecule has 3 aromatic carbocycles. The first kappa shape index (κ1) is 19.1. The average molecular weight is 401 g/mol. The molecule has 0 unspecified atom stereocenters. The molecule has 27 heavy (non-hydrogen) atoms. The van der Waals surface area contributed by atoms with Gasteiger partial charge in [-0.3, -0.25) is 0 Å². The van der Waals surface area contributed by atoms with Crippen molar-refractivity contribution in [3.05, 3.63) is 88.7 Å². The van der Waals surface area contributed by atoms with E-state index in [0.717, 1.165) is 11.3 Å². The van der Waals surface area contributed by atoms with Crippen LogP contribution in [0.2, 0.25) is 5.02 Å². The molecule has 0 spiro atoms. The van der Waals surface area contributed by atoms with E-state index in [-0.39, 0.29) is 10.8 Å². The SMILES string of the molecule is Cc1ccc(NC(=S)N(Cc2ccccc2O)c2ccc(F)c(Cl)c2)cc1. The Balaban J connectivity index is 1.93. The summed E-state index contributed by atoms with van der Waals surface area (Å²) in [6.45, 7) is 2.30. The number of phenols is 1. The van der Waals surface area contributed by atoms with E-state index in [0.29, 0.717) is 22.9 Å². The summed E-state index contributed by atoms with van der Waals surface area (Å²) in [5.74, 6) is -0.339. The minimum absolute atomic E-state index is 0.00733. The van der Waals surface area contributed by atoms with Gasteiger partial charge in [0, 0.05) is 16.9 Å². The van der Waals surface area contributed by atoms with E-state index in [4.69, 9.17) is 23.8 Å². The summed E-state index contributed by atoms with van der Waals surface area (Å²) in [7, 11) is 0. The Kier molecular flexibility index (Phi) is 5.94. The van der Waals surface area contributed by atoms with Crippen molar-refractivity contribution >= 4 is 40.3 Å². The van der Waals surface area contributed by atoms with Crippen molar-refractivity contribution in [1.29, 1.82) is 0 Å². The van der Waals surface area contributed by atoms with Crippen LogP contribution in [-0.4, -0.2) is 10.2 Å². The summed E-state index contributed by atoms with van der Waals surface area (Å²) in [6, 6.07) is 19.2. The van der Waals surface area contributed by atoms with Gasteiger partial charge in [-0.05, 0) is 55.5 Å². The number of halogens is 2. The van der Waals surface area contributed by atoms with Crippen LogP contribution >= 0.6 is 23.8 Å². The van der Waals surface area contributed by atoms with Crippen LogP contribution in [0, 0.1) is 12.7 Å². The van der Waals surface area contributed by atoms with Gasteiger partial charge in [0.2, 0.25) is 0 Å². The maximum Gasteiger partial charge on any atom is 0.178 e. The zero-order valence-corrected chi connectivity index (χ0v) is 16.2. The largest absolute Gasteiger partial charge is 0.508 e. The predicted molar refractivity (Wildman–Crippen MR) is 113 cm³/mol. The number of nitrogens with one attached hydrogen (secondary N) is 1. The van der Waals surface area contributed by atoms with Gasteiger partial charge < -0.3 is 15.3 Å². The number of aryl methyl sites for hydroxylation is 1. The van der Waals surface area contributed by atoms with Crippen molar-refractivity contribution in [2.75, 3.05) is 10.2 Å². The highest BCUT2D eigenvalue weighted by molar-refractivity contribution is 7.80. The number of rotatable bonds is 4. The maximum absolute atomic E-state index is 13.6. The quantitative estimate of drug-likeness (QED) is 0.535. The molecule has 0 aliphatic heterocycles. The fourth-order valence-corrected chi connectivity index (χ4v) is 3.04. The smallest absolute Gasteiger partial charge is 0.178 e. The molecular formula is C21H18ClFN2OS. The van der Waals surface area contributed by atoms with E-state index in [1.54, 1.807) is 23.1 Å². The standard InChI is InChI=1S/C21H18ClFN2OS/c1-14-6-8-16(9-7-14)24-21(27)25(13-15-4-2-3-5-20(15)26)17-10-11-19(23)18(22)12-17/h2-12,26H,13H2,1H3,(H,24,27). The number of phenolic OH excluding ortho intramolecular Hbond substituents is 1. The Bertz CT molecular complexity index is 963. The lowest BCUT2D eigenvalue weighted by Gasteiger charge is -2.27. The van der Waals surface area contributed by atoms with Crippen LogP contribution in [-0.2, 0) is 6.54 Å². The summed E-state index contributed by atoms with van der Waals surface area (Å²) < 4.78 is 13.6. The molecule has 6 heteroatoms. The van der Waals surface area contributed by atoms with Crippen molar-refractivity contribution in [2.45, 2.75) is 13.5 Å². The summed E-state index contributed by atoms with van der Waals surface area (Å²) >= 11 is 11.5. The van der Waals surface area contributed by atoms with E-state index in [1.165, 1.54) is 12.1 Å². The first-order valence-corrected chi connectivity index (χ1v) is 9.10. The van der Waals surface area contributed by atoms with Gasteiger partial charge >= 0.3 is 0 Å². The van der Waals surface area contributed by atoms with Gasteiger partial charge in [-0.1, -0.05) is 47.5 Å². The molecule has 0 bridgehead atoms. The molecule has 0 saturated heterocycles. The molecule has 0 radical (unpaired) electrons. The lowest BCUT2D eigenvalue weighted by molar-refractivity contribution is 0.468. The Hall–Kier alpha value is -2.63. The van der Waals surface area contributed by atoms with E-state index in [9.17, 15) is 9.50 Å². The van der Waals surface area contributed by atoms with Gasteiger partial charge in [-0.15, -0.1) is 0 Å². The number of benzene rings is 3. The second-order valence-electron chi connectivity index (χ2n) is 6.11. The summed E-state index contributed by atoms with van der Waals surface area (Å²) in [4.78, 5) is 1.76. The molecule has 0 aromatic heterocycles. The van der Waals surface area contributed by atoms with E-state index >= 15 is 0 Å². The normalized spacial score (nSPS) is 10.5. The van der Waals surface area contributed by atoms with Crippen LogP contribution in [0.4, 0.5) is 15.8 Å². The Morgan fingerprint density at radius 2 is 1.81 bits per heavy atom. The van der Waals surface area contributed by atoms with E-state index in [2.05, 4.69) is 5.32 Å². The van der Waals surface area contributed by atoms with Crippen molar-refractivity contribution in [3.63, 3.8) is 0 Å². The fourth-order valence-electron chi connectivity index (χ4n) is 2.58. The highest BCUT2D eigenvalue weighted by Gasteiger charge is 2.16. The van der Waals surface area contributed by atoms with Crippen LogP contribution in [0.3, 0.4) is 0 Å². The summed E-state index contributed by atoms with van der Waals surface area (Å²) in [5, 5.41) is 13.7. The molecule has 3 rings (SSSR count). The number of aromatic hydroxyl groups is 1. The first-order valence-electron chi connectivity index (χ1n) is 8.31. The van der Waals surface area contributed by atoms with Gasteiger partial charge in [0.15, 0.2) is 5.11 Å². The van der Waals surface area contributed by atoms with Crippen LogP contribution < -0.4 is 10.2 Å². The third-order valence-electron chi connectivity index (χ3n) is 4.08. The molecule has 0 atom stereocenters. The molecule has 0 amide bonds. The molecule has 0 aliphatic carbocycles. The second kappa shape index (κ2) is 8.37. The average Bonchev–Trinajstić information content (AvgIpc) is 2.65. The van der Waals surface area contributed by atoms with Gasteiger partial charge in [0.1, 0.15) is 11.6 Å². The minimum Gasteiger partial charge on any atom is -0.508 e. The van der Waals surface area contributed by atoms with E-state index in [1.807, 2.05) is 43.3 Å². The number of hydrogen-bond donors (Lipinski definition) is 2. The monoisotopic (exact) mass is 400 g/mol. The lowest BCUT2D eigenvalue weighted by Crippen LogP contribution is -2.34. The molecule has 0 saturated carbocycles. The highest BCUT2D eigenvalue weighted by Crippen LogP contribution is 2.27. The zero-order valence-electron chi connectivity index (χ0n) is 14.6. The van der Waals surface area contributed by atoms with Crippen LogP contribution in [0.5, 0.6) is 5.75 Å². The van der Waals surface area contributed by atoms with E-state index < -0.39 is 5.82 Å². The van der Waals surface area contributed by atoms with Gasteiger partial charge in [0.25, 0.3) is 0 Å². The molecular weight excluding hydrogens is 383 g/mol. The number of hydrogen-bond acceptors (Lipinski definition) is 2. The van der Waals surface area contributed by atoms with Crippen LogP contribution in [0.1, 0.15) is 11.1 Å². The predicted octanol–water partition coefficient (Wildman–Crippen LogP) is 5.90. The van der Waals surface area contributed by atoms with Gasteiger partial charge in [-0.25, -0.2) is 4.39 Å². The van der Waals surface area contributed by atoms with Crippen molar-refractivity contribution in [3.8, 4) is 5.75 Å². The topological polar surface area (TPSA) is 35.5 Å². The summed E-state index contributed by atoms with van der Waals surface area (Å²) in [6.07, 6.45) is 0. The second-order valence-corrected chi connectivity index (χ2v) is 6.90. The molecule has 2 N–H and O–H groups in total. The summed E-state index contributed by atoms with van der Waals surface area (Å²) in [5.41, 5.74) is 3.28. The highest BCUT2D eigenvalue weighted by atomic mass is 35.5. The molecule has 0 heterocycles. The van der Waals surface area contributed by atoms with Crippen molar-refractivity contribution in [1.82, 2.24) is 0 Å². The van der Waals surface area contributed by atoms with Gasteiger partial charge in [-0.2, -0.15) is 0 Å². The maximum atomic E-state index is 13.6. The third kappa shape index (κ3) is 4.76. The Labute approximate surface area is 168 Å². The number of anilines is 2. The molecule has 0 fully saturated rings. The Morgan fingerprint density at radius 3 is 2.48 bits per heavy atom. The number of para-hydroxylation sites is 1. The van der Waals surface area contributed by atoms with Crippen LogP contribution in [0.15, 0.2) is 66.7 Å². The zero-order chi connectivity index (χ0) is 19.4. The van der Waals surface area contributed by atoms with Crippen molar-refractivity contribution in [2.24, 2.45) is 0 Å². The van der Waals surface area contributed by atoms with Crippen molar-refractivity contribution < 1.29 is 9.50 Å².